The van der Waals surface area contributed by atoms with Crippen LogP contribution >= 0.6 is 0 Å². The van der Waals surface area contributed by atoms with E-state index in [-0.39, 0.29) is 23.7 Å². The van der Waals surface area contributed by atoms with Crippen molar-refractivity contribution in [1.82, 2.24) is 14.7 Å². The van der Waals surface area contributed by atoms with Crippen LogP contribution in [0.5, 0.6) is 0 Å². The molecular weight excluding hydrogens is 416 g/mol. The van der Waals surface area contributed by atoms with Crippen molar-refractivity contribution in [2.24, 2.45) is 0 Å². The van der Waals surface area contributed by atoms with E-state index in [9.17, 15) is 14.4 Å². The lowest BCUT2D eigenvalue weighted by molar-refractivity contribution is -0.116. The normalized spacial score (nSPS) is 10.7. The van der Waals surface area contributed by atoms with E-state index in [0.29, 0.717) is 16.5 Å². The number of hydrogen-bond donors (Lipinski definition) is 1. The third-order valence-corrected chi connectivity index (χ3v) is 5.41. The molecule has 3 aromatic carbocycles. The number of para-hydroxylation sites is 2. The van der Waals surface area contributed by atoms with Crippen molar-refractivity contribution in [2.45, 2.75) is 13.3 Å². The predicted molar refractivity (Wildman–Crippen MR) is 129 cm³/mol. The molecule has 1 heterocycles. The SMILES string of the molecule is CCc1ccccc1NC(=O)CN(C)C(=O)c1nn(-c2ccccc2)c(=O)c2ccccc12. The number of benzene rings is 3. The summed E-state index contributed by atoms with van der Waals surface area (Å²) in [5.41, 5.74) is 2.09. The van der Waals surface area contributed by atoms with Crippen molar-refractivity contribution < 1.29 is 9.59 Å². The highest BCUT2D eigenvalue weighted by Crippen LogP contribution is 2.18. The molecule has 0 fully saturated rings. The van der Waals surface area contributed by atoms with Gasteiger partial charge in [0.05, 0.1) is 17.6 Å². The van der Waals surface area contributed by atoms with E-state index in [1.54, 1.807) is 55.6 Å². The van der Waals surface area contributed by atoms with Gasteiger partial charge in [0.15, 0.2) is 5.69 Å². The Morgan fingerprint density at radius 2 is 1.55 bits per heavy atom. The first-order valence-corrected chi connectivity index (χ1v) is 10.7. The lowest BCUT2D eigenvalue weighted by atomic mass is 10.1. The molecule has 0 atom stereocenters. The molecule has 166 valence electrons. The van der Waals surface area contributed by atoms with Gasteiger partial charge < -0.3 is 10.2 Å². The van der Waals surface area contributed by atoms with Crippen molar-refractivity contribution in [1.29, 1.82) is 0 Å². The number of amides is 2. The van der Waals surface area contributed by atoms with Crippen molar-refractivity contribution in [2.75, 3.05) is 18.9 Å². The van der Waals surface area contributed by atoms with Gasteiger partial charge in [0.25, 0.3) is 11.5 Å². The lowest BCUT2D eigenvalue weighted by Gasteiger charge is -2.19. The number of likely N-dealkylation sites (N-methyl/N-ethyl adjacent to an activating group) is 1. The summed E-state index contributed by atoms with van der Waals surface area (Å²) in [4.78, 5) is 40.3. The molecule has 0 aliphatic heterocycles. The number of nitrogens with zero attached hydrogens (tertiary/aromatic N) is 3. The first-order chi connectivity index (χ1) is 16.0. The average Bonchev–Trinajstić information content (AvgIpc) is 2.85. The fraction of sp³-hybridized carbons (Fsp3) is 0.154. The maximum Gasteiger partial charge on any atom is 0.279 e. The first-order valence-electron chi connectivity index (χ1n) is 10.7. The molecule has 1 N–H and O–H groups in total. The van der Waals surface area contributed by atoms with E-state index in [4.69, 9.17) is 0 Å². The van der Waals surface area contributed by atoms with E-state index in [2.05, 4.69) is 10.4 Å². The Hall–Kier alpha value is -4.26. The summed E-state index contributed by atoms with van der Waals surface area (Å²) < 4.78 is 1.22. The quantitative estimate of drug-likeness (QED) is 0.496. The number of anilines is 1. The molecule has 7 heteroatoms. The number of aryl methyl sites for hydroxylation is 1. The Morgan fingerprint density at radius 1 is 0.909 bits per heavy atom. The molecule has 0 spiro atoms. The topological polar surface area (TPSA) is 84.3 Å². The summed E-state index contributed by atoms with van der Waals surface area (Å²) in [5.74, 6) is -0.762. The van der Waals surface area contributed by atoms with Crippen molar-refractivity contribution in [3.8, 4) is 5.69 Å². The van der Waals surface area contributed by atoms with E-state index in [0.717, 1.165) is 17.7 Å². The van der Waals surface area contributed by atoms with Gasteiger partial charge in [0.1, 0.15) is 0 Å². The molecule has 2 amide bonds. The number of fused-ring (bicyclic) bond motifs is 1. The highest BCUT2D eigenvalue weighted by atomic mass is 16.2. The molecule has 0 unspecified atom stereocenters. The maximum atomic E-state index is 13.3. The molecule has 0 aliphatic carbocycles. The number of carbonyl (C=O) groups is 2. The predicted octanol–water partition coefficient (Wildman–Crippen LogP) is 3.66. The fourth-order valence-corrected chi connectivity index (χ4v) is 3.70. The second-order valence-electron chi connectivity index (χ2n) is 7.67. The number of carbonyl (C=O) groups excluding carboxylic acids is 2. The monoisotopic (exact) mass is 440 g/mol. The summed E-state index contributed by atoms with van der Waals surface area (Å²) in [6.07, 6.45) is 0.780. The number of aromatic nitrogens is 2. The zero-order chi connectivity index (χ0) is 23.4. The number of rotatable bonds is 6. The second kappa shape index (κ2) is 9.48. The van der Waals surface area contributed by atoms with Crippen LogP contribution in [0.25, 0.3) is 16.5 Å². The van der Waals surface area contributed by atoms with Crippen LogP contribution in [0.4, 0.5) is 5.69 Å². The third kappa shape index (κ3) is 4.52. The zero-order valence-electron chi connectivity index (χ0n) is 18.5. The Labute approximate surface area is 191 Å². The summed E-state index contributed by atoms with van der Waals surface area (Å²) >= 11 is 0. The largest absolute Gasteiger partial charge is 0.331 e. The van der Waals surface area contributed by atoms with Crippen LogP contribution in [0.15, 0.2) is 83.7 Å². The van der Waals surface area contributed by atoms with Crippen LogP contribution in [0.1, 0.15) is 23.0 Å². The van der Waals surface area contributed by atoms with Gasteiger partial charge in [-0.3, -0.25) is 14.4 Å². The van der Waals surface area contributed by atoms with Crippen molar-refractivity contribution in [3.05, 3.63) is 100 Å². The Kier molecular flexibility index (Phi) is 6.31. The van der Waals surface area contributed by atoms with Gasteiger partial charge in [0, 0.05) is 18.1 Å². The van der Waals surface area contributed by atoms with Crippen LogP contribution < -0.4 is 10.9 Å². The van der Waals surface area contributed by atoms with Crippen molar-refractivity contribution in [3.63, 3.8) is 0 Å². The second-order valence-corrected chi connectivity index (χ2v) is 7.67. The molecule has 0 radical (unpaired) electrons. The molecule has 0 bridgehead atoms. The summed E-state index contributed by atoms with van der Waals surface area (Å²) in [6, 6.07) is 23.4. The summed E-state index contributed by atoms with van der Waals surface area (Å²) in [7, 11) is 1.54. The molecule has 7 nitrogen and oxygen atoms in total. The van der Waals surface area contributed by atoms with Gasteiger partial charge in [-0.05, 0) is 36.2 Å². The highest BCUT2D eigenvalue weighted by Gasteiger charge is 2.22. The van der Waals surface area contributed by atoms with Gasteiger partial charge in [0.2, 0.25) is 5.91 Å². The van der Waals surface area contributed by atoms with Gasteiger partial charge in [-0.1, -0.05) is 61.5 Å². The van der Waals surface area contributed by atoms with Crippen LogP contribution in [0, 0.1) is 0 Å². The summed E-state index contributed by atoms with van der Waals surface area (Å²) in [5, 5.41) is 8.10. The number of hydrogen-bond acceptors (Lipinski definition) is 4. The lowest BCUT2D eigenvalue weighted by Crippen LogP contribution is -2.37. The van der Waals surface area contributed by atoms with Gasteiger partial charge >= 0.3 is 0 Å². The smallest absolute Gasteiger partial charge is 0.279 e. The van der Waals surface area contributed by atoms with Crippen LogP contribution in [-0.4, -0.2) is 40.1 Å². The van der Waals surface area contributed by atoms with E-state index < -0.39 is 5.91 Å². The average molecular weight is 441 g/mol. The standard InChI is InChI=1S/C26H24N4O3/c1-3-18-11-7-10-16-22(18)27-23(31)17-29(2)26(33)24-20-14-8-9-15-21(20)25(32)30(28-24)19-12-5-4-6-13-19/h4-16H,3,17H2,1-2H3,(H,27,31). The van der Waals surface area contributed by atoms with Crippen molar-refractivity contribution >= 4 is 28.3 Å². The first kappa shape index (κ1) is 22.0. The van der Waals surface area contributed by atoms with Crippen LogP contribution in [-0.2, 0) is 11.2 Å². The minimum Gasteiger partial charge on any atom is -0.331 e. The van der Waals surface area contributed by atoms with Crippen LogP contribution in [0.3, 0.4) is 0 Å². The van der Waals surface area contributed by atoms with E-state index >= 15 is 0 Å². The number of nitrogens with one attached hydrogen (secondary N) is 1. The molecule has 4 aromatic rings. The van der Waals surface area contributed by atoms with Gasteiger partial charge in [-0.25, -0.2) is 0 Å². The summed E-state index contributed by atoms with van der Waals surface area (Å²) in [6.45, 7) is 1.86. The van der Waals surface area contributed by atoms with Gasteiger partial charge in [-0.15, -0.1) is 0 Å². The minimum absolute atomic E-state index is 0.110. The fourth-order valence-electron chi connectivity index (χ4n) is 3.70. The molecule has 1 aromatic heterocycles. The molecule has 0 saturated carbocycles. The van der Waals surface area contributed by atoms with Crippen LogP contribution in [0.2, 0.25) is 0 Å². The third-order valence-electron chi connectivity index (χ3n) is 5.41. The zero-order valence-corrected chi connectivity index (χ0v) is 18.5. The Morgan fingerprint density at radius 3 is 2.27 bits per heavy atom. The molecule has 0 aliphatic rings. The molecule has 0 saturated heterocycles. The Bertz CT molecular complexity index is 1380. The van der Waals surface area contributed by atoms with E-state index in [1.165, 1.54) is 9.58 Å². The maximum absolute atomic E-state index is 13.3. The van der Waals surface area contributed by atoms with E-state index in [1.807, 2.05) is 37.3 Å². The molecule has 33 heavy (non-hydrogen) atoms. The molecule has 4 rings (SSSR count). The highest BCUT2D eigenvalue weighted by molar-refractivity contribution is 6.06. The van der Waals surface area contributed by atoms with Gasteiger partial charge in [-0.2, -0.15) is 9.78 Å². The molecular formula is C26H24N4O3. The Balaban J connectivity index is 1.65. The minimum atomic E-state index is -0.449.